The maximum absolute atomic E-state index is 13.7. The molecule has 40 heavy (non-hydrogen) atoms. The lowest BCUT2D eigenvalue weighted by Crippen LogP contribution is -2.28. The van der Waals surface area contributed by atoms with Gasteiger partial charge in [-0.3, -0.25) is 9.69 Å². The standard InChI is InChI=1S/C30H29BrN2O6S/c1-5-18(2)39-27-24(31)14-20(15-25(27)38-4)16-26-28(34)33(17-19-6-8-21(9-7-19)29(35)36)30(40-26)32-22-10-12-23(37-3)13-11-22/h6-16,18H,5,17H2,1-4H3,(H,35,36)/b26-16-,32-30?/t18-/m1/s1. The van der Waals surface area contributed by atoms with Gasteiger partial charge in [-0.15, -0.1) is 0 Å². The Balaban J connectivity index is 1.69. The Morgan fingerprint density at radius 1 is 1.10 bits per heavy atom. The number of methoxy groups -OCH3 is 2. The number of benzene rings is 3. The molecule has 1 atom stereocenters. The average molecular weight is 626 g/mol. The van der Waals surface area contributed by atoms with Gasteiger partial charge in [0.05, 0.1) is 47.5 Å². The van der Waals surface area contributed by atoms with Gasteiger partial charge in [-0.1, -0.05) is 19.1 Å². The van der Waals surface area contributed by atoms with E-state index in [1.54, 1.807) is 49.5 Å². The van der Waals surface area contributed by atoms with Gasteiger partial charge in [0.2, 0.25) is 0 Å². The molecule has 1 aliphatic heterocycles. The molecule has 0 aliphatic carbocycles. The maximum atomic E-state index is 13.7. The van der Waals surface area contributed by atoms with Gasteiger partial charge in [-0.05, 0) is 107 Å². The summed E-state index contributed by atoms with van der Waals surface area (Å²) < 4.78 is 17.6. The fourth-order valence-corrected chi connectivity index (χ4v) is 5.36. The quantitative estimate of drug-likeness (QED) is 0.239. The van der Waals surface area contributed by atoms with Gasteiger partial charge in [-0.25, -0.2) is 9.79 Å². The Morgan fingerprint density at radius 3 is 2.40 bits per heavy atom. The largest absolute Gasteiger partial charge is 0.497 e. The van der Waals surface area contributed by atoms with E-state index >= 15 is 0 Å². The molecule has 4 rings (SSSR count). The number of hydrogen-bond donors (Lipinski definition) is 1. The van der Waals surface area contributed by atoms with Crippen LogP contribution in [0.1, 0.15) is 41.8 Å². The van der Waals surface area contributed by atoms with Gasteiger partial charge in [0.1, 0.15) is 5.75 Å². The van der Waals surface area contributed by atoms with Crippen LogP contribution in [0.5, 0.6) is 17.2 Å². The molecule has 1 aliphatic rings. The molecular weight excluding hydrogens is 596 g/mol. The average Bonchev–Trinajstić information content (AvgIpc) is 3.23. The number of hydrogen-bond acceptors (Lipinski definition) is 7. The summed E-state index contributed by atoms with van der Waals surface area (Å²) in [5, 5.41) is 9.73. The zero-order chi connectivity index (χ0) is 28.8. The van der Waals surface area contributed by atoms with Gasteiger partial charge >= 0.3 is 5.97 Å². The smallest absolute Gasteiger partial charge is 0.335 e. The van der Waals surface area contributed by atoms with Crippen molar-refractivity contribution in [1.82, 2.24) is 4.90 Å². The van der Waals surface area contributed by atoms with Crippen LogP contribution in [0.3, 0.4) is 0 Å². The highest BCUT2D eigenvalue weighted by molar-refractivity contribution is 9.10. The van der Waals surface area contributed by atoms with Crippen LogP contribution in [0, 0.1) is 0 Å². The number of halogens is 1. The molecule has 208 valence electrons. The summed E-state index contributed by atoms with van der Waals surface area (Å²) in [5.74, 6) is 0.649. The third-order valence-corrected chi connectivity index (χ3v) is 7.77. The van der Waals surface area contributed by atoms with Crippen molar-refractivity contribution in [2.45, 2.75) is 32.9 Å². The molecule has 3 aromatic rings. The van der Waals surface area contributed by atoms with Gasteiger partial charge in [0, 0.05) is 0 Å². The predicted molar refractivity (Wildman–Crippen MR) is 161 cm³/mol. The molecule has 0 aromatic heterocycles. The van der Waals surface area contributed by atoms with Crippen LogP contribution in [0.25, 0.3) is 6.08 Å². The number of amidine groups is 1. The van der Waals surface area contributed by atoms with E-state index in [-0.39, 0.29) is 24.1 Å². The molecule has 0 saturated carbocycles. The third kappa shape index (κ3) is 6.86. The molecule has 1 heterocycles. The second kappa shape index (κ2) is 13.1. The maximum Gasteiger partial charge on any atom is 0.335 e. The predicted octanol–water partition coefficient (Wildman–Crippen LogP) is 7.15. The monoisotopic (exact) mass is 624 g/mol. The second-order valence-corrected chi connectivity index (χ2v) is 10.8. The highest BCUT2D eigenvalue weighted by Crippen LogP contribution is 2.40. The molecular formula is C30H29BrN2O6S. The van der Waals surface area contributed by atoms with Crippen molar-refractivity contribution in [3.8, 4) is 17.2 Å². The molecule has 0 spiro atoms. The second-order valence-electron chi connectivity index (χ2n) is 8.97. The van der Waals surface area contributed by atoms with Crippen LogP contribution in [0.4, 0.5) is 5.69 Å². The van der Waals surface area contributed by atoms with E-state index in [2.05, 4.69) is 15.9 Å². The summed E-state index contributed by atoms with van der Waals surface area (Å²) in [6.45, 7) is 4.26. The summed E-state index contributed by atoms with van der Waals surface area (Å²) in [6.07, 6.45) is 2.65. The number of aliphatic imine (C=N–C) groups is 1. The number of aromatic carboxylic acids is 1. The molecule has 0 radical (unpaired) electrons. The number of ether oxygens (including phenoxy) is 3. The van der Waals surface area contributed by atoms with E-state index in [0.717, 1.165) is 22.0 Å². The first-order chi connectivity index (χ1) is 19.2. The Labute approximate surface area is 245 Å². The summed E-state index contributed by atoms with van der Waals surface area (Å²) in [6, 6.07) is 17.4. The summed E-state index contributed by atoms with van der Waals surface area (Å²) in [7, 11) is 3.17. The van der Waals surface area contributed by atoms with Crippen molar-refractivity contribution in [3.63, 3.8) is 0 Å². The highest BCUT2D eigenvalue weighted by atomic mass is 79.9. The molecule has 0 unspecified atom stereocenters. The van der Waals surface area contributed by atoms with Crippen molar-refractivity contribution >= 4 is 56.5 Å². The minimum absolute atomic E-state index is 0.0104. The van der Waals surface area contributed by atoms with E-state index in [0.29, 0.717) is 33.0 Å². The zero-order valence-corrected chi connectivity index (χ0v) is 24.9. The first kappa shape index (κ1) is 29.2. The number of amides is 1. The van der Waals surface area contributed by atoms with E-state index in [1.807, 2.05) is 38.1 Å². The molecule has 10 heteroatoms. The number of carbonyl (C=O) groups is 2. The van der Waals surface area contributed by atoms with Crippen LogP contribution >= 0.6 is 27.7 Å². The first-order valence-corrected chi connectivity index (χ1v) is 14.1. The Kier molecular flexibility index (Phi) is 9.54. The molecule has 8 nitrogen and oxygen atoms in total. The lowest BCUT2D eigenvalue weighted by Gasteiger charge is -2.17. The number of rotatable bonds is 10. The summed E-state index contributed by atoms with van der Waals surface area (Å²) >= 11 is 4.86. The van der Waals surface area contributed by atoms with E-state index in [9.17, 15) is 14.7 Å². The van der Waals surface area contributed by atoms with Crippen molar-refractivity contribution in [2.24, 2.45) is 4.99 Å². The van der Waals surface area contributed by atoms with Gasteiger partial charge in [-0.2, -0.15) is 0 Å². The Morgan fingerprint density at radius 2 is 1.80 bits per heavy atom. The summed E-state index contributed by atoms with van der Waals surface area (Å²) in [5.41, 5.74) is 2.38. The van der Waals surface area contributed by atoms with Crippen LogP contribution in [-0.4, -0.2) is 47.4 Å². The lowest BCUT2D eigenvalue weighted by atomic mass is 10.1. The van der Waals surface area contributed by atoms with E-state index in [4.69, 9.17) is 19.2 Å². The third-order valence-electron chi connectivity index (χ3n) is 6.17. The number of carbonyl (C=O) groups excluding carboxylic acids is 1. The Hall–Kier alpha value is -3.76. The van der Waals surface area contributed by atoms with Crippen LogP contribution < -0.4 is 14.2 Å². The van der Waals surface area contributed by atoms with E-state index < -0.39 is 5.97 Å². The highest BCUT2D eigenvalue weighted by Gasteiger charge is 2.33. The molecule has 1 saturated heterocycles. The van der Waals surface area contributed by atoms with Crippen LogP contribution in [0.2, 0.25) is 0 Å². The van der Waals surface area contributed by atoms with Crippen LogP contribution in [-0.2, 0) is 11.3 Å². The van der Waals surface area contributed by atoms with E-state index in [1.165, 1.54) is 23.9 Å². The molecule has 0 bridgehead atoms. The number of carboxylic acids is 1. The van der Waals surface area contributed by atoms with Crippen molar-refractivity contribution in [3.05, 3.63) is 86.7 Å². The fourth-order valence-electron chi connectivity index (χ4n) is 3.81. The van der Waals surface area contributed by atoms with Gasteiger partial charge in [0.25, 0.3) is 5.91 Å². The molecule has 1 fully saturated rings. The summed E-state index contributed by atoms with van der Waals surface area (Å²) in [4.78, 5) is 31.7. The Bertz CT molecular complexity index is 1450. The minimum Gasteiger partial charge on any atom is -0.497 e. The zero-order valence-electron chi connectivity index (χ0n) is 22.5. The topological polar surface area (TPSA) is 97.7 Å². The molecule has 1 amide bonds. The molecule has 3 aromatic carbocycles. The first-order valence-electron chi connectivity index (χ1n) is 12.5. The SMILES string of the molecule is CC[C@@H](C)Oc1c(Br)cc(/C=C2\SC(=Nc3ccc(OC)cc3)N(Cc3ccc(C(=O)O)cc3)C2=O)cc1OC. The molecule has 1 N–H and O–H groups in total. The van der Waals surface area contributed by atoms with Gasteiger partial charge < -0.3 is 19.3 Å². The van der Waals surface area contributed by atoms with Crippen molar-refractivity contribution in [1.29, 1.82) is 0 Å². The van der Waals surface area contributed by atoms with Crippen LogP contribution in [0.15, 0.2) is 75.0 Å². The number of thioether (sulfide) groups is 1. The minimum atomic E-state index is -1.01. The fraction of sp³-hybridized carbons (Fsp3) is 0.233. The number of nitrogens with zero attached hydrogens (tertiary/aromatic N) is 2. The lowest BCUT2D eigenvalue weighted by molar-refractivity contribution is -0.122. The van der Waals surface area contributed by atoms with Crippen molar-refractivity contribution in [2.75, 3.05) is 14.2 Å². The van der Waals surface area contributed by atoms with Gasteiger partial charge in [0.15, 0.2) is 16.7 Å². The van der Waals surface area contributed by atoms with Crippen molar-refractivity contribution < 1.29 is 28.9 Å². The normalized spacial score (nSPS) is 15.9. The number of carboxylic acid groups (broad SMARTS) is 1.